The summed E-state index contributed by atoms with van der Waals surface area (Å²) in [4.78, 5) is 14.7. The van der Waals surface area contributed by atoms with Gasteiger partial charge in [0.25, 0.3) is 5.91 Å². The Morgan fingerprint density at radius 2 is 2.07 bits per heavy atom. The van der Waals surface area contributed by atoms with Crippen LogP contribution in [0.3, 0.4) is 0 Å². The van der Waals surface area contributed by atoms with Gasteiger partial charge in [-0.25, -0.2) is 0 Å². The Hall–Kier alpha value is -2.21. The third-order valence-electron chi connectivity index (χ3n) is 5.24. The molecule has 27 heavy (non-hydrogen) atoms. The van der Waals surface area contributed by atoms with E-state index in [-0.39, 0.29) is 11.9 Å². The summed E-state index contributed by atoms with van der Waals surface area (Å²) in [6.45, 7) is 3.54. The van der Waals surface area contributed by atoms with Gasteiger partial charge in [0.2, 0.25) is 0 Å². The zero-order valence-electron chi connectivity index (χ0n) is 15.5. The van der Waals surface area contributed by atoms with Crippen LogP contribution in [-0.4, -0.2) is 41.3 Å². The maximum absolute atomic E-state index is 12.4. The molecule has 1 aromatic heterocycles. The van der Waals surface area contributed by atoms with E-state index in [4.69, 9.17) is 16.3 Å². The molecular weight excluding hydrogens is 364 g/mol. The van der Waals surface area contributed by atoms with Gasteiger partial charge in [-0.2, -0.15) is 5.10 Å². The predicted molar refractivity (Wildman–Crippen MR) is 105 cm³/mol. The minimum absolute atomic E-state index is 0.0933. The number of aromatic amines is 1. The van der Waals surface area contributed by atoms with Crippen molar-refractivity contribution in [3.05, 3.63) is 41.0 Å². The van der Waals surface area contributed by atoms with Crippen LogP contribution >= 0.6 is 11.6 Å². The van der Waals surface area contributed by atoms with Crippen molar-refractivity contribution >= 4 is 23.3 Å². The van der Waals surface area contributed by atoms with E-state index in [2.05, 4.69) is 26.5 Å². The van der Waals surface area contributed by atoms with Crippen molar-refractivity contribution in [2.45, 2.75) is 50.7 Å². The number of rotatable bonds is 6. The van der Waals surface area contributed by atoms with E-state index >= 15 is 0 Å². The molecule has 1 saturated carbocycles. The summed E-state index contributed by atoms with van der Waals surface area (Å²) in [5, 5.41) is 11.3. The molecule has 0 bridgehead atoms. The van der Waals surface area contributed by atoms with E-state index in [1.165, 1.54) is 18.5 Å². The first-order valence-electron chi connectivity index (χ1n) is 9.61. The number of aromatic nitrogens is 2. The molecule has 2 heterocycles. The molecule has 2 aromatic rings. The van der Waals surface area contributed by atoms with Crippen LogP contribution in [0, 0.1) is 0 Å². The molecule has 7 heteroatoms. The van der Waals surface area contributed by atoms with E-state index in [1.807, 2.05) is 6.07 Å². The Labute approximate surface area is 164 Å². The molecule has 1 saturated heterocycles. The van der Waals surface area contributed by atoms with Gasteiger partial charge in [0, 0.05) is 41.8 Å². The fourth-order valence-corrected chi connectivity index (χ4v) is 3.64. The molecule has 2 aliphatic rings. The molecule has 1 atom stereocenters. The van der Waals surface area contributed by atoms with Crippen LogP contribution in [0.4, 0.5) is 5.82 Å². The second-order valence-electron chi connectivity index (χ2n) is 7.44. The van der Waals surface area contributed by atoms with Gasteiger partial charge in [-0.15, -0.1) is 0 Å². The van der Waals surface area contributed by atoms with Crippen molar-refractivity contribution in [2.75, 3.05) is 18.0 Å². The average Bonchev–Trinajstić information content (AvgIpc) is 3.39. The summed E-state index contributed by atoms with van der Waals surface area (Å²) < 4.78 is 5.70. The lowest BCUT2D eigenvalue weighted by Crippen LogP contribution is -2.48. The highest BCUT2D eigenvalue weighted by atomic mass is 35.5. The van der Waals surface area contributed by atoms with Crippen LogP contribution in [0.5, 0.6) is 5.75 Å². The van der Waals surface area contributed by atoms with E-state index in [9.17, 15) is 4.79 Å². The summed E-state index contributed by atoms with van der Waals surface area (Å²) in [6, 6.07) is 9.44. The predicted octanol–water partition coefficient (Wildman–Crippen LogP) is 3.49. The minimum atomic E-state index is -0.561. The minimum Gasteiger partial charge on any atom is -0.481 e. The van der Waals surface area contributed by atoms with Crippen molar-refractivity contribution < 1.29 is 9.53 Å². The molecule has 144 valence electrons. The van der Waals surface area contributed by atoms with E-state index in [0.29, 0.717) is 16.7 Å². The average molecular weight is 389 g/mol. The van der Waals surface area contributed by atoms with Gasteiger partial charge in [-0.05, 0) is 50.8 Å². The van der Waals surface area contributed by atoms with Gasteiger partial charge in [0.05, 0.1) is 0 Å². The number of hydrogen-bond acceptors (Lipinski definition) is 4. The van der Waals surface area contributed by atoms with Gasteiger partial charge in [0.1, 0.15) is 5.75 Å². The van der Waals surface area contributed by atoms with Gasteiger partial charge < -0.3 is 15.0 Å². The fourth-order valence-electron chi connectivity index (χ4n) is 3.46. The standard InChI is InChI=1S/C20H25ClN4O2/c1-13(27-17-4-2-3-15(21)11-17)20(26)22-16-7-9-25(10-8-16)19-12-18(23-24-19)14-5-6-14/h2-4,11-14,16H,5-10H2,1H3,(H,22,26)(H,23,24)/t13-/m1/s1. The first-order chi connectivity index (χ1) is 13.1. The van der Waals surface area contributed by atoms with Crippen LogP contribution in [0.25, 0.3) is 0 Å². The highest BCUT2D eigenvalue weighted by molar-refractivity contribution is 6.30. The maximum atomic E-state index is 12.4. The van der Waals surface area contributed by atoms with Gasteiger partial charge in [-0.1, -0.05) is 17.7 Å². The number of nitrogens with one attached hydrogen (secondary N) is 2. The normalized spacial score (nSPS) is 19.0. The second-order valence-corrected chi connectivity index (χ2v) is 7.88. The van der Waals surface area contributed by atoms with Crippen LogP contribution in [0.2, 0.25) is 5.02 Å². The lowest BCUT2D eigenvalue weighted by atomic mass is 10.0. The number of nitrogens with zero attached hydrogens (tertiary/aromatic N) is 2. The van der Waals surface area contributed by atoms with Crippen molar-refractivity contribution in [3.63, 3.8) is 0 Å². The maximum Gasteiger partial charge on any atom is 0.260 e. The number of hydrogen-bond donors (Lipinski definition) is 2. The smallest absolute Gasteiger partial charge is 0.260 e. The summed E-state index contributed by atoms with van der Waals surface area (Å²) >= 11 is 5.96. The molecule has 0 spiro atoms. The summed E-state index contributed by atoms with van der Waals surface area (Å²) in [5.41, 5.74) is 1.26. The van der Waals surface area contributed by atoms with Gasteiger partial charge >= 0.3 is 0 Å². The first-order valence-corrected chi connectivity index (χ1v) is 9.99. The van der Waals surface area contributed by atoms with Crippen molar-refractivity contribution in [2.24, 2.45) is 0 Å². The SMILES string of the molecule is C[C@@H](Oc1cccc(Cl)c1)C(=O)NC1CCN(c2cc(C3CC3)[nH]n2)CC1. The van der Waals surface area contributed by atoms with Crippen LogP contribution in [-0.2, 0) is 4.79 Å². The summed E-state index contributed by atoms with van der Waals surface area (Å²) in [5.74, 6) is 2.22. The van der Waals surface area contributed by atoms with E-state index in [0.717, 1.165) is 31.7 Å². The lowest BCUT2D eigenvalue weighted by Gasteiger charge is -2.32. The highest BCUT2D eigenvalue weighted by Crippen LogP contribution is 2.40. The van der Waals surface area contributed by atoms with Crippen molar-refractivity contribution in [3.8, 4) is 5.75 Å². The Balaban J connectivity index is 1.24. The third-order valence-corrected chi connectivity index (χ3v) is 5.48. The van der Waals surface area contributed by atoms with Crippen molar-refractivity contribution in [1.29, 1.82) is 0 Å². The van der Waals surface area contributed by atoms with Crippen LogP contribution < -0.4 is 15.0 Å². The molecule has 1 amide bonds. The number of carbonyl (C=O) groups is 1. The number of halogens is 1. The van der Waals surface area contributed by atoms with Gasteiger partial charge in [0.15, 0.2) is 11.9 Å². The number of ether oxygens (including phenoxy) is 1. The molecule has 0 unspecified atom stereocenters. The third kappa shape index (κ3) is 4.56. The number of amides is 1. The van der Waals surface area contributed by atoms with E-state index < -0.39 is 6.10 Å². The monoisotopic (exact) mass is 388 g/mol. The number of carbonyl (C=O) groups excluding carboxylic acids is 1. The number of anilines is 1. The Morgan fingerprint density at radius 3 is 2.78 bits per heavy atom. The molecule has 1 aromatic carbocycles. The van der Waals surface area contributed by atoms with Gasteiger partial charge in [-0.3, -0.25) is 9.89 Å². The fraction of sp³-hybridized carbons (Fsp3) is 0.500. The molecule has 1 aliphatic carbocycles. The first kappa shape index (κ1) is 18.2. The number of H-pyrrole nitrogens is 1. The zero-order chi connectivity index (χ0) is 18.8. The Kier molecular flexibility index (Phi) is 5.25. The molecule has 0 radical (unpaired) electrons. The molecule has 2 N–H and O–H groups in total. The quantitative estimate of drug-likeness (QED) is 0.794. The second kappa shape index (κ2) is 7.80. The lowest BCUT2D eigenvalue weighted by molar-refractivity contribution is -0.128. The van der Waals surface area contributed by atoms with E-state index in [1.54, 1.807) is 25.1 Å². The zero-order valence-corrected chi connectivity index (χ0v) is 16.2. The summed E-state index contributed by atoms with van der Waals surface area (Å²) in [6.07, 6.45) is 3.78. The Morgan fingerprint density at radius 1 is 1.30 bits per heavy atom. The molecule has 6 nitrogen and oxygen atoms in total. The topological polar surface area (TPSA) is 70.2 Å². The molecule has 1 aliphatic heterocycles. The highest BCUT2D eigenvalue weighted by Gasteiger charge is 2.28. The molecular formula is C20H25ClN4O2. The molecule has 4 rings (SSSR count). The van der Waals surface area contributed by atoms with Crippen LogP contribution in [0.15, 0.2) is 30.3 Å². The Bertz CT molecular complexity index is 797. The van der Waals surface area contributed by atoms with Crippen molar-refractivity contribution in [1.82, 2.24) is 15.5 Å². The largest absolute Gasteiger partial charge is 0.481 e. The summed E-state index contributed by atoms with van der Waals surface area (Å²) in [7, 11) is 0. The number of piperidine rings is 1. The number of benzene rings is 1. The molecule has 2 fully saturated rings. The van der Waals surface area contributed by atoms with Crippen LogP contribution in [0.1, 0.15) is 44.2 Å².